The number of aliphatic hydroxyl groups is 1. The zero-order valence-corrected chi connectivity index (χ0v) is 12.2. The Morgan fingerprint density at radius 1 is 1.37 bits per heavy atom. The van der Waals surface area contributed by atoms with Gasteiger partial charge in [-0.3, -0.25) is 0 Å². The highest BCUT2D eigenvalue weighted by Gasteiger charge is 2.16. The van der Waals surface area contributed by atoms with Crippen molar-refractivity contribution in [3.05, 3.63) is 23.2 Å². The van der Waals surface area contributed by atoms with Crippen LogP contribution in [0.15, 0.2) is 18.2 Å². The summed E-state index contributed by atoms with van der Waals surface area (Å²) in [6.45, 7) is 7.55. The van der Waals surface area contributed by atoms with Crippen molar-refractivity contribution in [3.63, 3.8) is 0 Å². The lowest BCUT2D eigenvalue weighted by Crippen LogP contribution is -2.43. The molecule has 106 valence electrons. The first kappa shape index (κ1) is 14.4. The Morgan fingerprint density at radius 3 is 2.63 bits per heavy atom. The molecular weight excluding hydrogens is 264 g/mol. The third kappa shape index (κ3) is 4.27. The van der Waals surface area contributed by atoms with Crippen molar-refractivity contribution in [1.29, 1.82) is 0 Å². The molecule has 0 unspecified atom stereocenters. The number of anilines is 1. The summed E-state index contributed by atoms with van der Waals surface area (Å²) in [5.74, 6) is 0.686. The summed E-state index contributed by atoms with van der Waals surface area (Å²) in [5, 5.41) is 13.6. The number of benzene rings is 1. The second-order valence-corrected chi connectivity index (χ2v) is 5.86. The van der Waals surface area contributed by atoms with E-state index >= 15 is 0 Å². The number of halogens is 1. The number of rotatable bonds is 4. The second kappa shape index (κ2) is 5.99. The molecule has 0 amide bonds. The average molecular weight is 285 g/mol. The predicted molar refractivity (Wildman–Crippen MR) is 78.3 cm³/mol. The van der Waals surface area contributed by atoms with E-state index in [1.165, 1.54) is 0 Å². The molecule has 1 aliphatic rings. The molecule has 1 fully saturated rings. The molecule has 1 heterocycles. The van der Waals surface area contributed by atoms with E-state index in [1.807, 2.05) is 18.2 Å². The second-order valence-electron chi connectivity index (χ2n) is 5.45. The van der Waals surface area contributed by atoms with Crippen LogP contribution in [0.1, 0.15) is 13.8 Å². The van der Waals surface area contributed by atoms with E-state index in [0.717, 1.165) is 31.9 Å². The smallest absolute Gasteiger partial charge is 0.121 e. The van der Waals surface area contributed by atoms with Gasteiger partial charge >= 0.3 is 0 Å². The monoisotopic (exact) mass is 284 g/mol. The topological polar surface area (TPSA) is 44.7 Å². The zero-order chi connectivity index (χ0) is 13.9. The minimum Gasteiger partial charge on any atom is -0.491 e. The van der Waals surface area contributed by atoms with Crippen molar-refractivity contribution < 1.29 is 9.84 Å². The largest absolute Gasteiger partial charge is 0.491 e. The molecule has 2 N–H and O–H groups in total. The van der Waals surface area contributed by atoms with Crippen LogP contribution in [0.2, 0.25) is 5.02 Å². The fourth-order valence-corrected chi connectivity index (χ4v) is 2.29. The van der Waals surface area contributed by atoms with Gasteiger partial charge in [0, 0.05) is 32.2 Å². The molecule has 4 nitrogen and oxygen atoms in total. The van der Waals surface area contributed by atoms with Gasteiger partial charge in [0.15, 0.2) is 0 Å². The average Bonchev–Trinajstić information content (AvgIpc) is 2.37. The molecule has 0 aliphatic carbocycles. The van der Waals surface area contributed by atoms with E-state index in [4.69, 9.17) is 16.3 Å². The number of nitrogens with zero attached hydrogens (tertiary/aromatic N) is 1. The third-order valence-corrected chi connectivity index (χ3v) is 3.27. The van der Waals surface area contributed by atoms with Crippen LogP contribution in [0, 0.1) is 0 Å². The molecule has 0 saturated carbocycles. The Morgan fingerprint density at radius 2 is 2.05 bits per heavy atom. The van der Waals surface area contributed by atoms with Gasteiger partial charge in [-0.1, -0.05) is 11.6 Å². The van der Waals surface area contributed by atoms with E-state index in [2.05, 4.69) is 10.2 Å². The highest BCUT2D eigenvalue weighted by atomic mass is 35.5. The Bertz CT molecular complexity index is 426. The summed E-state index contributed by atoms with van der Waals surface area (Å²) in [5.41, 5.74) is 0.197. The van der Waals surface area contributed by atoms with Gasteiger partial charge in [-0.2, -0.15) is 0 Å². The quantitative estimate of drug-likeness (QED) is 0.886. The number of nitrogens with one attached hydrogen (secondary N) is 1. The molecule has 0 spiro atoms. The predicted octanol–water partition coefficient (Wildman–Crippen LogP) is 1.90. The molecular formula is C14H21ClN2O2. The third-order valence-electron chi connectivity index (χ3n) is 2.97. The van der Waals surface area contributed by atoms with Crippen LogP contribution in [-0.4, -0.2) is 43.5 Å². The van der Waals surface area contributed by atoms with E-state index in [9.17, 15) is 5.11 Å². The van der Waals surface area contributed by atoms with E-state index < -0.39 is 5.60 Å². The first-order valence-corrected chi connectivity index (χ1v) is 6.94. The maximum absolute atomic E-state index is 9.63. The van der Waals surface area contributed by atoms with E-state index in [1.54, 1.807) is 13.8 Å². The standard InChI is InChI=1S/C14H21ClN2O2/c1-14(2,18)10-19-11-3-4-13(12(15)9-11)17-7-5-16-6-8-17/h3-4,9,16,18H,5-8,10H2,1-2H3. The van der Waals surface area contributed by atoms with Crippen molar-refractivity contribution in [3.8, 4) is 5.75 Å². The van der Waals surface area contributed by atoms with Crippen LogP contribution in [-0.2, 0) is 0 Å². The van der Waals surface area contributed by atoms with Gasteiger partial charge in [-0.05, 0) is 26.0 Å². The maximum Gasteiger partial charge on any atom is 0.121 e. The van der Waals surface area contributed by atoms with Gasteiger partial charge in [0.25, 0.3) is 0 Å². The zero-order valence-electron chi connectivity index (χ0n) is 11.4. The summed E-state index contributed by atoms with van der Waals surface area (Å²) in [7, 11) is 0. The Hall–Kier alpha value is -0.970. The number of hydrogen-bond acceptors (Lipinski definition) is 4. The van der Waals surface area contributed by atoms with Crippen molar-refractivity contribution in [2.24, 2.45) is 0 Å². The molecule has 0 radical (unpaired) electrons. The summed E-state index contributed by atoms with van der Waals surface area (Å²) in [6, 6.07) is 5.69. The van der Waals surface area contributed by atoms with Gasteiger partial charge < -0.3 is 20.1 Å². The van der Waals surface area contributed by atoms with E-state index in [0.29, 0.717) is 10.8 Å². The lowest BCUT2D eigenvalue weighted by molar-refractivity contribution is 0.0285. The van der Waals surface area contributed by atoms with Crippen LogP contribution >= 0.6 is 11.6 Å². The van der Waals surface area contributed by atoms with Crippen molar-refractivity contribution in [2.75, 3.05) is 37.7 Å². The summed E-state index contributed by atoms with van der Waals surface area (Å²) < 4.78 is 5.53. The van der Waals surface area contributed by atoms with Crippen LogP contribution < -0.4 is 15.0 Å². The maximum atomic E-state index is 9.63. The Balaban J connectivity index is 2.04. The molecule has 0 bridgehead atoms. The molecule has 0 atom stereocenters. The van der Waals surface area contributed by atoms with Gasteiger partial charge in [-0.15, -0.1) is 0 Å². The molecule has 1 aromatic rings. The van der Waals surface area contributed by atoms with E-state index in [-0.39, 0.29) is 6.61 Å². The lowest BCUT2D eigenvalue weighted by Gasteiger charge is -2.30. The molecule has 0 aromatic heterocycles. The van der Waals surface area contributed by atoms with Gasteiger partial charge in [0.1, 0.15) is 12.4 Å². The van der Waals surface area contributed by atoms with Crippen molar-refractivity contribution >= 4 is 17.3 Å². The highest BCUT2D eigenvalue weighted by Crippen LogP contribution is 2.30. The van der Waals surface area contributed by atoms with Crippen LogP contribution in [0.4, 0.5) is 5.69 Å². The number of piperazine rings is 1. The molecule has 1 aromatic carbocycles. The minimum absolute atomic E-state index is 0.246. The fourth-order valence-electron chi connectivity index (χ4n) is 2.00. The Labute approximate surface area is 119 Å². The van der Waals surface area contributed by atoms with Crippen molar-refractivity contribution in [1.82, 2.24) is 5.32 Å². The molecule has 19 heavy (non-hydrogen) atoms. The van der Waals surface area contributed by atoms with Crippen LogP contribution in [0.3, 0.4) is 0 Å². The molecule has 1 aliphatic heterocycles. The first-order chi connectivity index (χ1) is 8.96. The van der Waals surface area contributed by atoms with Crippen molar-refractivity contribution in [2.45, 2.75) is 19.4 Å². The van der Waals surface area contributed by atoms with Gasteiger partial charge in [-0.25, -0.2) is 0 Å². The normalized spacial score (nSPS) is 16.5. The Kier molecular flexibility index (Phi) is 4.55. The highest BCUT2D eigenvalue weighted by molar-refractivity contribution is 6.33. The minimum atomic E-state index is -0.844. The molecule has 2 rings (SSSR count). The molecule has 1 saturated heterocycles. The number of ether oxygens (including phenoxy) is 1. The van der Waals surface area contributed by atoms with Crippen LogP contribution in [0.5, 0.6) is 5.75 Å². The summed E-state index contributed by atoms with van der Waals surface area (Å²) >= 11 is 6.31. The summed E-state index contributed by atoms with van der Waals surface area (Å²) in [6.07, 6.45) is 0. The SMILES string of the molecule is CC(C)(O)COc1ccc(N2CCNCC2)c(Cl)c1. The number of hydrogen-bond donors (Lipinski definition) is 2. The molecule has 5 heteroatoms. The summed E-state index contributed by atoms with van der Waals surface area (Å²) in [4.78, 5) is 2.26. The first-order valence-electron chi connectivity index (χ1n) is 6.56. The van der Waals surface area contributed by atoms with Crippen LogP contribution in [0.25, 0.3) is 0 Å². The van der Waals surface area contributed by atoms with Gasteiger partial charge in [0.2, 0.25) is 0 Å². The lowest BCUT2D eigenvalue weighted by atomic mass is 10.2. The fraction of sp³-hybridized carbons (Fsp3) is 0.571. The van der Waals surface area contributed by atoms with Gasteiger partial charge in [0.05, 0.1) is 16.3 Å².